The largest absolute Gasteiger partial charge is 0.392 e. The van der Waals surface area contributed by atoms with Crippen LogP contribution in [0.1, 0.15) is 59.8 Å². The van der Waals surface area contributed by atoms with E-state index in [1.165, 1.54) is 0 Å². The fraction of sp³-hybridized carbons (Fsp3) is 1.00. The van der Waals surface area contributed by atoms with Crippen LogP contribution in [-0.4, -0.2) is 65.8 Å². The molecule has 0 heterocycles. The second-order valence-corrected chi connectivity index (χ2v) is 10.7. The molecular formula is C20H34O6. The van der Waals surface area contributed by atoms with Crippen LogP contribution in [0.15, 0.2) is 0 Å². The quantitative estimate of drug-likeness (QED) is 0.361. The zero-order chi connectivity index (χ0) is 19.5. The molecule has 10 atom stereocenters. The smallest absolute Gasteiger partial charge is 0.104 e. The third-order valence-corrected chi connectivity index (χ3v) is 9.26. The highest BCUT2D eigenvalue weighted by Crippen LogP contribution is 2.69. The standard InChI is InChI=1S/C20H34O6/c1-16(2)13(21)7-12-18(4,25)11-6-5-10-15(23)19(11,9-17(10,3)24)8-14(22)20(12,16)26/h10-15,21-26H,5-9H2,1-4H3/t10-,11+,12+,13+,14-,15-,17-,18-,19+,20+/m1/s1. The van der Waals surface area contributed by atoms with Gasteiger partial charge in [-0.15, -0.1) is 0 Å². The first-order chi connectivity index (χ1) is 11.7. The molecule has 150 valence electrons. The van der Waals surface area contributed by atoms with Crippen molar-refractivity contribution in [1.82, 2.24) is 0 Å². The van der Waals surface area contributed by atoms with Crippen LogP contribution in [0.25, 0.3) is 0 Å². The lowest BCUT2D eigenvalue weighted by Crippen LogP contribution is -2.60. The van der Waals surface area contributed by atoms with E-state index in [0.717, 1.165) is 0 Å². The van der Waals surface area contributed by atoms with Gasteiger partial charge in [0.1, 0.15) is 5.60 Å². The van der Waals surface area contributed by atoms with E-state index in [9.17, 15) is 30.6 Å². The molecule has 0 saturated heterocycles. The van der Waals surface area contributed by atoms with Crippen LogP contribution in [0.2, 0.25) is 0 Å². The lowest BCUT2D eigenvalue weighted by atomic mass is 9.57. The first kappa shape index (κ1) is 19.1. The van der Waals surface area contributed by atoms with Crippen molar-refractivity contribution in [3.63, 3.8) is 0 Å². The number of hydrogen-bond donors (Lipinski definition) is 6. The molecule has 4 aliphatic carbocycles. The molecule has 0 radical (unpaired) electrons. The Labute approximate surface area is 154 Å². The molecule has 2 bridgehead atoms. The first-order valence-electron chi connectivity index (χ1n) is 9.94. The summed E-state index contributed by atoms with van der Waals surface area (Å²) in [5.74, 6) is -1.34. The summed E-state index contributed by atoms with van der Waals surface area (Å²) in [7, 11) is 0. The highest BCUT2D eigenvalue weighted by atomic mass is 16.4. The highest BCUT2D eigenvalue weighted by molar-refractivity contribution is 5.25. The summed E-state index contributed by atoms with van der Waals surface area (Å²) in [6.07, 6.45) is -1.01. The molecule has 4 fully saturated rings. The summed E-state index contributed by atoms with van der Waals surface area (Å²) < 4.78 is 0. The summed E-state index contributed by atoms with van der Waals surface area (Å²) in [5, 5.41) is 67.1. The van der Waals surface area contributed by atoms with Gasteiger partial charge in [-0.25, -0.2) is 0 Å². The molecule has 6 heteroatoms. The minimum atomic E-state index is -1.66. The topological polar surface area (TPSA) is 121 Å². The summed E-state index contributed by atoms with van der Waals surface area (Å²) >= 11 is 0. The summed E-state index contributed by atoms with van der Waals surface area (Å²) in [6.45, 7) is 6.87. The zero-order valence-corrected chi connectivity index (χ0v) is 16.2. The van der Waals surface area contributed by atoms with Gasteiger partial charge in [-0.05, 0) is 51.9 Å². The Hall–Kier alpha value is -0.240. The molecule has 0 amide bonds. The Morgan fingerprint density at radius 2 is 1.42 bits per heavy atom. The van der Waals surface area contributed by atoms with Crippen molar-refractivity contribution in [2.24, 2.45) is 28.6 Å². The second kappa shape index (κ2) is 5.02. The van der Waals surface area contributed by atoms with Crippen molar-refractivity contribution in [2.75, 3.05) is 0 Å². The van der Waals surface area contributed by atoms with Crippen molar-refractivity contribution >= 4 is 0 Å². The van der Waals surface area contributed by atoms with Crippen LogP contribution in [0.3, 0.4) is 0 Å². The number of aliphatic hydroxyl groups is 6. The van der Waals surface area contributed by atoms with Crippen LogP contribution in [-0.2, 0) is 0 Å². The lowest BCUT2D eigenvalue weighted by molar-refractivity contribution is -0.201. The van der Waals surface area contributed by atoms with Gasteiger partial charge in [0.15, 0.2) is 0 Å². The van der Waals surface area contributed by atoms with E-state index < -0.39 is 51.9 Å². The van der Waals surface area contributed by atoms with Gasteiger partial charge >= 0.3 is 0 Å². The Balaban J connectivity index is 1.89. The van der Waals surface area contributed by atoms with E-state index in [-0.39, 0.29) is 24.7 Å². The molecule has 26 heavy (non-hydrogen) atoms. The fourth-order valence-electron chi connectivity index (χ4n) is 7.80. The number of rotatable bonds is 0. The van der Waals surface area contributed by atoms with Crippen LogP contribution in [0.4, 0.5) is 0 Å². The van der Waals surface area contributed by atoms with Gasteiger partial charge < -0.3 is 30.6 Å². The number of fused-ring (bicyclic) bond motifs is 2. The molecule has 0 aromatic carbocycles. The van der Waals surface area contributed by atoms with Crippen molar-refractivity contribution in [2.45, 2.75) is 94.9 Å². The highest BCUT2D eigenvalue weighted by Gasteiger charge is 2.76. The molecular weight excluding hydrogens is 336 g/mol. The van der Waals surface area contributed by atoms with Gasteiger partial charge in [0.05, 0.1) is 29.5 Å². The minimum absolute atomic E-state index is 0.116. The minimum Gasteiger partial charge on any atom is -0.392 e. The van der Waals surface area contributed by atoms with E-state index in [1.54, 1.807) is 27.7 Å². The van der Waals surface area contributed by atoms with Crippen molar-refractivity contribution < 1.29 is 30.6 Å². The van der Waals surface area contributed by atoms with Crippen LogP contribution < -0.4 is 0 Å². The van der Waals surface area contributed by atoms with Gasteiger partial charge in [0.2, 0.25) is 0 Å². The third kappa shape index (κ3) is 1.89. The maximum atomic E-state index is 11.7. The normalized spacial score (nSPS) is 63.9. The summed E-state index contributed by atoms with van der Waals surface area (Å²) in [6, 6.07) is 0. The summed E-state index contributed by atoms with van der Waals surface area (Å²) in [4.78, 5) is 0. The van der Waals surface area contributed by atoms with E-state index in [0.29, 0.717) is 19.3 Å². The molecule has 4 saturated carbocycles. The second-order valence-electron chi connectivity index (χ2n) is 10.7. The van der Waals surface area contributed by atoms with Gasteiger partial charge in [-0.3, -0.25) is 0 Å². The molecule has 4 aliphatic rings. The maximum absolute atomic E-state index is 11.7. The number of aliphatic hydroxyl groups excluding tert-OH is 3. The van der Waals surface area contributed by atoms with Crippen LogP contribution in [0.5, 0.6) is 0 Å². The van der Waals surface area contributed by atoms with Crippen LogP contribution in [0, 0.1) is 28.6 Å². The van der Waals surface area contributed by atoms with Gasteiger partial charge in [-0.2, -0.15) is 0 Å². The molecule has 0 aromatic rings. The van der Waals surface area contributed by atoms with Crippen molar-refractivity contribution in [3.05, 3.63) is 0 Å². The molecule has 4 rings (SSSR count). The molecule has 0 unspecified atom stereocenters. The van der Waals surface area contributed by atoms with Gasteiger partial charge in [-0.1, -0.05) is 13.8 Å². The Bertz CT molecular complexity index is 615. The SMILES string of the molecule is CC1(C)[C@@H](O)C[C@H]2[C@](C)(O)[C@@H]3CC[C@@H]4[C@@H](O)[C@@]3(C[C@@H](O)[C@@]21O)C[C@@]4(C)O. The molecule has 0 aliphatic heterocycles. The predicted molar refractivity (Wildman–Crippen MR) is 94.0 cm³/mol. The third-order valence-electron chi connectivity index (χ3n) is 9.26. The number of hydrogen-bond acceptors (Lipinski definition) is 6. The fourth-order valence-corrected chi connectivity index (χ4v) is 7.80. The molecule has 6 N–H and O–H groups in total. The Morgan fingerprint density at radius 3 is 2.04 bits per heavy atom. The first-order valence-corrected chi connectivity index (χ1v) is 9.94. The zero-order valence-electron chi connectivity index (χ0n) is 16.2. The average molecular weight is 370 g/mol. The van der Waals surface area contributed by atoms with Gasteiger partial charge in [0.25, 0.3) is 0 Å². The maximum Gasteiger partial charge on any atom is 0.104 e. The molecule has 6 nitrogen and oxygen atoms in total. The van der Waals surface area contributed by atoms with Gasteiger partial charge in [0, 0.05) is 22.7 Å². The lowest BCUT2D eigenvalue weighted by Gasteiger charge is -2.51. The van der Waals surface area contributed by atoms with E-state index in [2.05, 4.69) is 0 Å². The van der Waals surface area contributed by atoms with Crippen molar-refractivity contribution in [3.8, 4) is 0 Å². The average Bonchev–Trinajstić information content (AvgIpc) is 2.72. The Morgan fingerprint density at radius 1 is 0.808 bits per heavy atom. The van der Waals surface area contributed by atoms with E-state index >= 15 is 0 Å². The molecule has 0 aromatic heterocycles. The molecule has 1 spiro atoms. The van der Waals surface area contributed by atoms with Crippen molar-refractivity contribution in [1.29, 1.82) is 0 Å². The van der Waals surface area contributed by atoms with E-state index in [4.69, 9.17) is 0 Å². The Kier molecular flexibility index (Phi) is 3.69. The predicted octanol–water partition coefficient (Wildman–Crippen LogP) is 0.168. The van der Waals surface area contributed by atoms with Crippen LogP contribution >= 0.6 is 0 Å². The monoisotopic (exact) mass is 370 g/mol. The van der Waals surface area contributed by atoms with E-state index in [1.807, 2.05) is 0 Å². The summed E-state index contributed by atoms with van der Waals surface area (Å²) in [5.41, 5.74) is -5.91.